The summed E-state index contributed by atoms with van der Waals surface area (Å²) in [6, 6.07) is 0.257. The van der Waals surface area contributed by atoms with Gasteiger partial charge < -0.3 is 10.5 Å². The predicted octanol–water partition coefficient (Wildman–Crippen LogP) is 6.69. The van der Waals surface area contributed by atoms with Crippen LogP contribution in [0.2, 0.25) is 0 Å². The van der Waals surface area contributed by atoms with Crippen molar-refractivity contribution in [3.63, 3.8) is 0 Å². The molecule has 29 heavy (non-hydrogen) atoms. The molecule has 0 aliphatic heterocycles. The molecule has 4 rings (SSSR count). The van der Waals surface area contributed by atoms with Gasteiger partial charge in [0.2, 0.25) is 0 Å². The first-order valence-electron chi connectivity index (χ1n) is 12.8. The number of fused-ring (bicyclic) bond motifs is 5. The van der Waals surface area contributed by atoms with Crippen LogP contribution in [0.25, 0.3) is 0 Å². The second-order valence-electron chi connectivity index (χ2n) is 11.3. The third kappa shape index (κ3) is 3.65. The molecule has 0 aromatic rings. The Morgan fingerprint density at radius 1 is 1.14 bits per heavy atom. The Balaban J connectivity index is 1.46. The lowest BCUT2D eigenvalue weighted by Gasteiger charge is -2.60. The SMILES string of the molecule is [CH2]CCCCCOC1CC2=CC[C@H]3[C@@H]4CC[C@H](CC)[C@@]4(C)CC[C@@H]3[C@@]2(C)C(N)C1. The van der Waals surface area contributed by atoms with Gasteiger partial charge in [-0.3, -0.25) is 0 Å². The van der Waals surface area contributed by atoms with Gasteiger partial charge in [0.05, 0.1) is 6.10 Å². The maximum absolute atomic E-state index is 6.97. The highest BCUT2D eigenvalue weighted by molar-refractivity contribution is 5.28. The van der Waals surface area contributed by atoms with Crippen LogP contribution in [0.5, 0.6) is 0 Å². The Bertz CT molecular complexity index is 599. The smallest absolute Gasteiger partial charge is 0.0627 e. The van der Waals surface area contributed by atoms with Crippen molar-refractivity contribution in [2.45, 2.75) is 110 Å². The minimum absolute atomic E-state index is 0.211. The fraction of sp³-hybridized carbons (Fsp3) is 0.889. The fourth-order valence-corrected chi connectivity index (χ4v) is 8.38. The zero-order chi connectivity index (χ0) is 20.6. The van der Waals surface area contributed by atoms with E-state index in [0.29, 0.717) is 11.5 Å². The number of allylic oxidation sites excluding steroid dienone is 1. The van der Waals surface area contributed by atoms with Gasteiger partial charge in [0.1, 0.15) is 0 Å². The van der Waals surface area contributed by atoms with E-state index in [2.05, 4.69) is 33.8 Å². The molecule has 2 heteroatoms. The Kier molecular flexibility index (Phi) is 6.53. The molecular weight excluding hydrogens is 354 g/mol. The molecule has 0 bridgehead atoms. The highest BCUT2D eigenvalue weighted by atomic mass is 16.5. The number of rotatable bonds is 7. The fourth-order valence-electron chi connectivity index (χ4n) is 8.38. The summed E-state index contributed by atoms with van der Waals surface area (Å²) in [5.41, 5.74) is 9.42. The summed E-state index contributed by atoms with van der Waals surface area (Å²) in [4.78, 5) is 0. The zero-order valence-electron chi connectivity index (χ0n) is 19.4. The molecule has 0 amide bonds. The normalized spacial score (nSPS) is 46.6. The Morgan fingerprint density at radius 2 is 1.97 bits per heavy atom. The summed E-state index contributed by atoms with van der Waals surface area (Å²) >= 11 is 0. The molecule has 0 heterocycles. The van der Waals surface area contributed by atoms with E-state index in [-0.39, 0.29) is 11.5 Å². The molecule has 3 fully saturated rings. The van der Waals surface area contributed by atoms with Crippen molar-refractivity contribution in [1.29, 1.82) is 0 Å². The Labute approximate surface area is 180 Å². The van der Waals surface area contributed by atoms with Crippen molar-refractivity contribution in [1.82, 2.24) is 0 Å². The van der Waals surface area contributed by atoms with E-state index in [0.717, 1.165) is 49.5 Å². The summed E-state index contributed by atoms with van der Waals surface area (Å²) in [6.45, 7) is 12.4. The van der Waals surface area contributed by atoms with Gasteiger partial charge in [0, 0.05) is 18.1 Å². The van der Waals surface area contributed by atoms with Gasteiger partial charge in [0.15, 0.2) is 0 Å². The van der Waals surface area contributed by atoms with Crippen LogP contribution >= 0.6 is 0 Å². The monoisotopic (exact) mass is 400 g/mol. The van der Waals surface area contributed by atoms with Gasteiger partial charge in [-0.05, 0) is 80.5 Å². The second kappa shape index (κ2) is 8.65. The maximum Gasteiger partial charge on any atom is 0.0627 e. The number of unbranched alkanes of at least 4 members (excludes halogenated alkanes) is 3. The average Bonchev–Trinajstić information content (AvgIpc) is 3.05. The molecule has 0 saturated heterocycles. The first kappa shape index (κ1) is 21.9. The van der Waals surface area contributed by atoms with Gasteiger partial charge in [0.25, 0.3) is 0 Å². The van der Waals surface area contributed by atoms with Crippen LogP contribution in [0, 0.1) is 41.4 Å². The lowest BCUT2D eigenvalue weighted by atomic mass is 9.46. The molecule has 4 aliphatic rings. The van der Waals surface area contributed by atoms with Crippen molar-refractivity contribution >= 4 is 0 Å². The molecule has 0 aromatic heterocycles. The van der Waals surface area contributed by atoms with Crippen LogP contribution in [0.4, 0.5) is 0 Å². The highest BCUT2D eigenvalue weighted by Gasteiger charge is 2.59. The van der Waals surface area contributed by atoms with Gasteiger partial charge in [-0.15, -0.1) is 0 Å². The Hall–Kier alpha value is -0.340. The number of nitrogens with two attached hydrogens (primary N) is 1. The van der Waals surface area contributed by atoms with Crippen molar-refractivity contribution in [3.8, 4) is 0 Å². The van der Waals surface area contributed by atoms with Crippen LogP contribution in [-0.4, -0.2) is 18.8 Å². The molecule has 3 saturated carbocycles. The minimum Gasteiger partial charge on any atom is -0.378 e. The van der Waals surface area contributed by atoms with E-state index in [4.69, 9.17) is 10.5 Å². The van der Waals surface area contributed by atoms with Crippen molar-refractivity contribution < 1.29 is 4.74 Å². The van der Waals surface area contributed by atoms with Gasteiger partial charge in [-0.25, -0.2) is 0 Å². The van der Waals surface area contributed by atoms with Crippen LogP contribution in [0.1, 0.15) is 97.8 Å². The minimum atomic E-state index is 0.211. The van der Waals surface area contributed by atoms with Crippen molar-refractivity contribution in [2.75, 3.05) is 6.61 Å². The molecule has 8 atom stereocenters. The summed E-state index contributed by atoms with van der Waals surface area (Å²) in [5, 5.41) is 0. The first-order valence-corrected chi connectivity index (χ1v) is 12.8. The molecule has 165 valence electrons. The number of hydrogen-bond donors (Lipinski definition) is 1. The van der Waals surface area contributed by atoms with Crippen molar-refractivity contribution in [3.05, 3.63) is 18.6 Å². The second-order valence-corrected chi connectivity index (χ2v) is 11.3. The van der Waals surface area contributed by atoms with E-state index < -0.39 is 0 Å². The van der Waals surface area contributed by atoms with Crippen LogP contribution < -0.4 is 5.73 Å². The van der Waals surface area contributed by atoms with E-state index >= 15 is 0 Å². The van der Waals surface area contributed by atoms with Gasteiger partial charge >= 0.3 is 0 Å². The highest BCUT2D eigenvalue weighted by Crippen LogP contribution is 2.66. The van der Waals surface area contributed by atoms with Gasteiger partial charge in [-0.2, -0.15) is 0 Å². The Morgan fingerprint density at radius 3 is 2.72 bits per heavy atom. The lowest BCUT2D eigenvalue weighted by Crippen LogP contribution is -2.58. The molecule has 2 unspecified atom stereocenters. The van der Waals surface area contributed by atoms with Crippen LogP contribution in [0.15, 0.2) is 11.6 Å². The van der Waals surface area contributed by atoms with E-state index in [1.54, 1.807) is 5.57 Å². The molecule has 4 aliphatic carbocycles. The molecule has 2 N–H and O–H groups in total. The van der Waals surface area contributed by atoms with E-state index in [1.165, 1.54) is 57.8 Å². The molecule has 2 nitrogen and oxygen atoms in total. The summed E-state index contributed by atoms with van der Waals surface area (Å²) < 4.78 is 6.30. The molecule has 1 radical (unpaired) electrons. The molecule has 0 aromatic carbocycles. The molecule has 0 spiro atoms. The van der Waals surface area contributed by atoms with Crippen LogP contribution in [-0.2, 0) is 4.74 Å². The summed E-state index contributed by atoms with van der Waals surface area (Å²) in [7, 11) is 0. The average molecular weight is 401 g/mol. The number of hydrogen-bond acceptors (Lipinski definition) is 2. The van der Waals surface area contributed by atoms with E-state index in [1.807, 2.05) is 0 Å². The maximum atomic E-state index is 6.97. The lowest BCUT2D eigenvalue weighted by molar-refractivity contribution is -0.0662. The zero-order valence-corrected chi connectivity index (χ0v) is 19.4. The summed E-state index contributed by atoms with van der Waals surface area (Å²) in [5.74, 6) is 3.54. The van der Waals surface area contributed by atoms with Crippen molar-refractivity contribution in [2.24, 2.45) is 40.2 Å². The summed E-state index contributed by atoms with van der Waals surface area (Å²) in [6.07, 6.45) is 18.2. The third-order valence-corrected chi connectivity index (χ3v) is 10.2. The first-order chi connectivity index (χ1) is 13.9. The standard InChI is InChI=1S/C27H46NO/c1-5-7-8-9-16-29-21-17-20-10-12-22-23-13-11-19(6-2)26(23,3)15-14-24(22)27(20,4)25(28)18-21/h10,19,21-25H,1,5-9,11-18,28H2,2-4H3/t19-,21?,22-,23-,24-,25?,26+,27-/m0/s1. The van der Waals surface area contributed by atoms with E-state index in [9.17, 15) is 0 Å². The third-order valence-electron chi connectivity index (χ3n) is 10.2. The predicted molar refractivity (Wildman–Crippen MR) is 122 cm³/mol. The van der Waals surface area contributed by atoms with Crippen LogP contribution in [0.3, 0.4) is 0 Å². The quantitative estimate of drug-likeness (QED) is 0.381. The van der Waals surface area contributed by atoms with Gasteiger partial charge in [-0.1, -0.05) is 65.0 Å². The number of ether oxygens (including phenoxy) is 1. The largest absolute Gasteiger partial charge is 0.378 e. The molecular formula is C27H46NO. The topological polar surface area (TPSA) is 35.2 Å².